The highest BCUT2D eigenvalue weighted by atomic mass is 35.5. The minimum absolute atomic E-state index is 0.304. The molecule has 0 saturated carbocycles. The first-order valence-corrected chi connectivity index (χ1v) is 9.56. The van der Waals surface area contributed by atoms with Gasteiger partial charge in [-0.1, -0.05) is 35.9 Å². The molecule has 6 heteroatoms. The van der Waals surface area contributed by atoms with Crippen molar-refractivity contribution >= 4 is 23.7 Å². The number of hydrazone groups is 1. The van der Waals surface area contributed by atoms with Crippen LogP contribution < -0.4 is 14.9 Å². The standard InChI is InChI=1S/C23H21ClN2O3/c1-2-28-21-12-10-18(11-13-21)23(27)26-25-15-19-7-3-4-9-22(19)29-16-17-6-5-8-20(24)14-17/h3-15H,2,16H2,1H3,(H,26,27)/b25-15-. The second-order valence-corrected chi connectivity index (χ2v) is 6.55. The quantitative estimate of drug-likeness (QED) is 0.417. The fraction of sp³-hybridized carbons (Fsp3) is 0.130. The Bertz CT molecular complexity index is 987. The van der Waals surface area contributed by atoms with Crippen LogP contribution in [0.1, 0.15) is 28.4 Å². The van der Waals surface area contributed by atoms with E-state index in [2.05, 4.69) is 10.5 Å². The van der Waals surface area contributed by atoms with Crippen LogP contribution in [0.4, 0.5) is 0 Å². The summed E-state index contributed by atoms with van der Waals surface area (Å²) in [6.45, 7) is 2.87. The Morgan fingerprint density at radius 3 is 2.59 bits per heavy atom. The monoisotopic (exact) mass is 408 g/mol. The van der Waals surface area contributed by atoms with Crippen molar-refractivity contribution in [2.75, 3.05) is 6.61 Å². The Labute approximate surface area is 174 Å². The molecule has 0 radical (unpaired) electrons. The zero-order valence-corrected chi connectivity index (χ0v) is 16.7. The van der Waals surface area contributed by atoms with E-state index in [4.69, 9.17) is 21.1 Å². The molecule has 3 rings (SSSR count). The number of para-hydroxylation sites is 1. The molecule has 0 aliphatic rings. The lowest BCUT2D eigenvalue weighted by atomic mass is 10.2. The summed E-state index contributed by atoms with van der Waals surface area (Å²) in [6.07, 6.45) is 1.56. The lowest BCUT2D eigenvalue weighted by Gasteiger charge is -2.09. The zero-order valence-electron chi connectivity index (χ0n) is 16.0. The fourth-order valence-corrected chi connectivity index (χ4v) is 2.81. The molecule has 3 aromatic carbocycles. The third-order valence-corrected chi connectivity index (χ3v) is 4.23. The first-order valence-electron chi connectivity index (χ1n) is 9.18. The van der Waals surface area contributed by atoms with Gasteiger partial charge in [-0.2, -0.15) is 5.10 Å². The van der Waals surface area contributed by atoms with Crippen LogP contribution >= 0.6 is 11.6 Å². The lowest BCUT2D eigenvalue weighted by molar-refractivity contribution is 0.0955. The van der Waals surface area contributed by atoms with E-state index in [0.29, 0.717) is 29.5 Å². The van der Waals surface area contributed by atoms with Gasteiger partial charge in [-0.05, 0) is 61.0 Å². The number of nitrogens with zero attached hydrogens (tertiary/aromatic N) is 1. The van der Waals surface area contributed by atoms with Crippen LogP contribution in [-0.4, -0.2) is 18.7 Å². The number of hydrogen-bond acceptors (Lipinski definition) is 4. The summed E-state index contributed by atoms with van der Waals surface area (Å²) in [6, 6.07) is 21.8. The predicted molar refractivity (Wildman–Crippen MR) is 115 cm³/mol. The van der Waals surface area contributed by atoms with Crippen LogP contribution in [0.15, 0.2) is 77.9 Å². The smallest absolute Gasteiger partial charge is 0.271 e. The Morgan fingerprint density at radius 2 is 1.83 bits per heavy atom. The summed E-state index contributed by atoms with van der Waals surface area (Å²) in [5, 5.41) is 4.71. The van der Waals surface area contributed by atoms with Gasteiger partial charge in [0.15, 0.2) is 0 Å². The van der Waals surface area contributed by atoms with Gasteiger partial charge >= 0.3 is 0 Å². The summed E-state index contributed by atoms with van der Waals surface area (Å²) in [5.41, 5.74) is 4.74. The molecule has 0 bridgehead atoms. The summed E-state index contributed by atoms with van der Waals surface area (Å²) < 4.78 is 11.3. The predicted octanol–water partition coefficient (Wildman–Crippen LogP) is 5.08. The molecule has 0 heterocycles. The molecule has 0 spiro atoms. The number of carbonyl (C=O) groups is 1. The van der Waals surface area contributed by atoms with Crippen molar-refractivity contribution in [3.05, 3.63) is 94.5 Å². The Morgan fingerprint density at radius 1 is 1.03 bits per heavy atom. The molecule has 0 atom stereocenters. The van der Waals surface area contributed by atoms with Gasteiger partial charge in [-0.25, -0.2) is 5.43 Å². The molecule has 5 nitrogen and oxygen atoms in total. The maximum atomic E-state index is 12.2. The molecule has 0 aliphatic heterocycles. The number of halogens is 1. The van der Waals surface area contributed by atoms with Gasteiger partial charge in [0.05, 0.1) is 12.8 Å². The lowest BCUT2D eigenvalue weighted by Crippen LogP contribution is -2.17. The largest absolute Gasteiger partial charge is 0.494 e. The summed E-state index contributed by atoms with van der Waals surface area (Å²) in [5.74, 6) is 1.08. The number of hydrogen-bond donors (Lipinski definition) is 1. The third kappa shape index (κ3) is 6.09. The van der Waals surface area contributed by atoms with Gasteiger partial charge in [0.1, 0.15) is 18.1 Å². The molecule has 148 valence electrons. The van der Waals surface area contributed by atoms with Gasteiger partial charge in [0.25, 0.3) is 5.91 Å². The van der Waals surface area contributed by atoms with Crippen molar-refractivity contribution < 1.29 is 14.3 Å². The minimum atomic E-state index is -0.304. The first-order chi connectivity index (χ1) is 14.2. The van der Waals surface area contributed by atoms with Crippen LogP contribution in [-0.2, 0) is 6.61 Å². The van der Waals surface area contributed by atoms with Crippen LogP contribution in [0.3, 0.4) is 0 Å². The number of amides is 1. The second-order valence-electron chi connectivity index (χ2n) is 6.11. The third-order valence-electron chi connectivity index (χ3n) is 4.00. The Kier molecular flexibility index (Phi) is 7.25. The van der Waals surface area contributed by atoms with Crippen LogP contribution in [0, 0.1) is 0 Å². The van der Waals surface area contributed by atoms with Gasteiger partial charge in [0, 0.05) is 16.1 Å². The van der Waals surface area contributed by atoms with E-state index in [1.807, 2.05) is 55.5 Å². The van der Waals surface area contributed by atoms with Crippen LogP contribution in [0.5, 0.6) is 11.5 Å². The molecule has 1 amide bonds. The first kappa shape index (κ1) is 20.4. The molecule has 29 heavy (non-hydrogen) atoms. The number of benzene rings is 3. The van der Waals surface area contributed by atoms with E-state index in [1.54, 1.807) is 30.5 Å². The topological polar surface area (TPSA) is 59.9 Å². The summed E-state index contributed by atoms with van der Waals surface area (Å²) in [4.78, 5) is 12.2. The number of rotatable bonds is 8. The normalized spacial score (nSPS) is 10.7. The van der Waals surface area contributed by atoms with E-state index in [0.717, 1.165) is 16.9 Å². The molecule has 0 saturated heterocycles. The molecule has 0 unspecified atom stereocenters. The number of nitrogens with one attached hydrogen (secondary N) is 1. The average molecular weight is 409 g/mol. The molecule has 0 aromatic heterocycles. The molecule has 0 fully saturated rings. The van der Waals surface area contributed by atoms with Gasteiger partial charge in [0.2, 0.25) is 0 Å². The Balaban J connectivity index is 1.61. The zero-order chi connectivity index (χ0) is 20.5. The van der Waals surface area contributed by atoms with E-state index < -0.39 is 0 Å². The maximum Gasteiger partial charge on any atom is 0.271 e. The SMILES string of the molecule is CCOc1ccc(C(=O)N/N=C\c2ccccc2OCc2cccc(Cl)c2)cc1. The average Bonchev–Trinajstić information content (AvgIpc) is 2.74. The summed E-state index contributed by atoms with van der Waals surface area (Å²) in [7, 11) is 0. The van der Waals surface area contributed by atoms with Crippen LogP contribution in [0.25, 0.3) is 0 Å². The van der Waals surface area contributed by atoms with E-state index in [9.17, 15) is 4.79 Å². The van der Waals surface area contributed by atoms with Gasteiger partial charge < -0.3 is 9.47 Å². The van der Waals surface area contributed by atoms with Crippen molar-refractivity contribution in [2.24, 2.45) is 5.10 Å². The fourth-order valence-electron chi connectivity index (χ4n) is 2.60. The molecule has 1 N–H and O–H groups in total. The van der Waals surface area contributed by atoms with Crippen molar-refractivity contribution in [3.63, 3.8) is 0 Å². The number of ether oxygens (including phenoxy) is 2. The van der Waals surface area contributed by atoms with Crippen LogP contribution in [0.2, 0.25) is 5.02 Å². The van der Waals surface area contributed by atoms with Gasteiger partial charge in [-0.15, -0.1) is 0 Å². The van der Waals surface area contributed by atoms with Crippen molar-refractivity contribution in [3.8, 4) is 11.5 Å². The van der Waals surface area contributed by atoms with Crippen molar-refractivity contribution in [1.29, 1.82) is 0 Å². The van der Waals surface area contributed by atoms with Crippen molar-refractivity contribution in [1.82, 2.24) is 5.43 Å². The summed E-state index contributed by atoms with van der Waals surface area (Å²) >= 11 is 6.01. The molecule has 3 aromatic rings. The molecule has 0 aliphatic carbocycles. The Hall–Kier alpha value is -3.31. The molecular formula is C23H21ClN2O3. The highest BCUT2D eigenvalue weighted by Gasteiger charge is 2.05. The number of carbonyl (C=O) groups excluding carboxylic acids is 1. The second kappa shape index (κ2) is 10.3. The highest BCUT2D eigenvalue weighted by molar-refractivity contribution is 6.30. The van der Waals surface area contributed by atoms with Gasteiger partial charge in [-0.3, -0.25) is 4.79 Å². The molecular weight excluding hydrogens is 388 g/mol. The minimum Gasteiger partial charge on any atom is -0.494 e. The van der Waals surface area contributed by atoms with E-state index in [1.165, 1.54) is 0 Å². The highest BCUT2D eigenvalue weighted by Crippen LogP contribution is 2.19. The van der Waals surface area contributed by atoms with E-state index in [-0.39, 0.29) is 5.91 Å². The maximum absolute atomic E-state index is 12.2. The van der Waals surface area contributed by atoms with Crippen molar-refractivity contribution in [2.45, 2.75) is 13.5 Å². The van der Waals surface area contributed by atoms with E-state index >= 15 is 0 Å².